The molecule has 1 saturated heterocycles. The molecule has 0 N–H and O–H groups in total. The molecule has 3 rings (SSSR count). The number of ketones is 1. The Morgan fingerprint density at radius 3 is 2.63 bits per heavy atom. The first-order valence-corrected chi connectivity index (χ1v) is 7.41. The monoisotopic (exact) mass is 258 g/mol. The van der Waals surface area contributed by atoms with Crippen molar-refractivity contribution in [3.63, 3.8) is 0 Å². The van der Waals surface area contributed by atoms with E-state index >= 15 is 0 Å². The van der Waals surface area contributed by atoms with E-state index in [1.807, 2.05) is 6.07 Å². The fourth-order valence-electron chi connectivity index (χ4n) is 3.15. The molecule has 1 aliphatic carbocycles. The van der Waals surface area contributed by atoms with Crippen LogP contribution in [-0.2, 0) is 6.42 Å². The van der Waals surface area contributed by atoms with Crippen LogP contribution in [0.4, 0.5) is 5.69 Å². The quantitative estimate of drug-likeness (QED) is 0.813. The van der Waals surface area contributed by atoms with E-state index in [4.69, 9.17) is 0 Å². The molecule has 1 aliphatic heterocycles. The predicted molar refractivity (Wildman–Crippen MR) is 78.0 cm³/mol. The number of hydrogen-bond donors (Lipinski definition) is 0. The Labute approximate surface area is 115 Å². The largest absolute Gasteiger partial charge is 0.369 e. The third-order valence-corrected chi connectivity index (χ3v) is 4.42. The maximum atomic E-state index is 11.8. The fourth-order valence-corrected chi connectivity index (χ4v) is 3.15. The maximum Gasteiger partial charge on any atom is 0.163 e. The van der Waals surface area contributed by atoms with Crippen LogP contribution in [-0.4, -0.2) is 43.4 Å². The average molecular weight is 258 g/mol. The molecule has 1 heterocycles. The van der Waals surface area contributed by atoms with E-state index in [0.717, 1.165) is 57.5 Å². The lowest BCUT2D eigenvalue weighted by Crippen LogP contribution is -2.46. The van der Waals surface area contributed by atoms with Crippen LogP contribution in [0.15, 0.2) is 18.2 Å². The molecule has 19 heavy (non-hydrogen) atoms. The zero-order valence-corrected chi connectivity index (χ0v) is 11.7. The minimum Gasteiger partial charge on any atom is -0.369 e. The Hall–Kier alpha value is -1.35. The Kier molecular flexibility index (Phi) is 3.56. The highest BCUT2D eigenvalue weighted by molar-refractivity contribution is 5.98. The van der Waals surface area contributed by atoms with Gasteiger partial charge >= 0.3 is 0 Å². The van der Waals surface area contributed by atoms with Gasteiger partial charge in [-0.3, -0.25) is 4.79 Å². The molecular weight excluding hydrogens is 236 g/mol. The maximum absolute atomic E-state index is 11.8. The van der Waals surface area contributed by atoms with Gasteiger partial charge in [-0.15, -0.1) is 0 Å². The zero-order chi connectivity index (χ0) is 13.2. The summed E-state index contributed by atoms with van der Waals surface area (Å²) in [4.78, 5) is 16.8. The molecule has 0 radical (unpaired) electrons. The van der Waals surface area contributed by atoms with Gasteiger partial charge in [0.25, 0.3) is 0 Å². The highest BCUT2D eigenvalue weighted by Gasteiger charge is 2.20. The second kappa shape index (κ2) is 5.33. The lowest BCUT2D eigenvalue weighted by atomic mass is 9.90. The van der Waals surface area contributed by atoms with Crippen LogP contribution in [0.2, 0.25) is 0 Å². The standard InChI is InChI=1S/C16H22N2O/c1-2-17-8-10-18(11-9-17)14-6-7-15-13(12-14)4-3-5-16(15)19/h6-7,12H,2-5,8-11H2,1H3. The number of carbonyl (C=O) groups excluding carboxylic acids is 1. The number of rotatable bonds is 2. The minimum absolute atomic E-state index is 0.323. The topological polar surface area (TPSA) is 23.6 Å². The van der Waals surface area contributed by atoms with Gasteiger partial charge in [-0.2, -0.15) is 0 Å². The minimum atomic E-state index is 0.323. The first kappa shape index (κ1) is 12.7. The number of anilines is 1. The molecular formula is C16H22N2O. The summed E-state index contributed by atoms with van der Waals surface area (Å²) in [6, 6.07) is 6.41. The van der Waals surface area contributed by atoms with Crippen LogP contribution in [0.25, 0.3) is 0 Å². The van der Waals surface area contributed by atoms with Gasteiger partial charge in [0.2, 0.25) is 0 Å². The van der Waals surface area contributed by atoms with Gasteiger partial charge in [0.05, 0.1) is 0 Å². The van der Waals surface area contributed by atoms with Crippen molar-refractivity contribution in [1.29, 1.82) is 0 Å². The van der Waals surface area contributed by atoms with E-state index in [0.29, 0.717) is 5.78 Å². The summed E-state index contributed by atoms with van der Waals surface area (Å²) in [5.41, 5.74) is 3.51. The molecule has 0 saturated carbocycles. The second-order valence-corrected chi connectivity index (χ2v) is 5.54. The van der Waals surface area contributed by atoms with Crippen molar-refractivity contribution < 1.29 is 4.79 Å². The van der Waals surface area contributed by atoms with Crippen molar-refractivity contribution in [3.05, 3.63) is 29.3 Å². The molecule has 0 amide bonds. The van der Waals surface area contributed by atoms with Gasteiger partial charge in [-0.05, 0) is 43.1 Å². The SMILES string of the molecule is CCN1CCN(c2ccc3c(c2)CCCC3=O)CC1. The van der Waals surface area contributed by atoms with E-state index in [1.165, 1.54) is 11.3 Å². The summed E-state index contributed by atoms with van der Waals surface area (Å²) >= 11 is 0. The third-order valence-electron chi connectivity index (χ3n) is 4.42. The van der Waals surface area contributed by atoms with E-state index in [9.17, 15) is 4.79 Å². The van der Waals surface area contributed by atoms with Crippen molar-refractivity contribution in [3.8, 4) is 0 Å². The van der Waals surface area contributed by atoms with E-state index in [-0.39, 0.29) is 0 Å². The first-order valence-electron chi connectivity index (χ1n) is 7.41. The van der Waals surface area contributed by atoms with Crippen molar-refractivity contribution in [1.82, 2.24) is 4.90 Å². The molecule has 1 aromatic carbocycles. The van der Waals surface area contributed by atoms with Gasteiger partial charge < -0.3 is 9.80 Å². The molecule has 0 spiro atoms. The van der Waals surface area contributed by atoms with Crippen LogP contribution in [0.3, 0.4) is 0 Å². The molecule has 3 heteroatoms. The number of aryl methyl sites for hydroxylation is 1. The molecule has 102 valence electrons. The summed E-state index contributed by atoms with van der Waals surface area (Å²) in [6.45, 7) is 7.85. The number of Topliss-reactive ketones (excluding diaryl/α,β-unsaturated/α-hetero) is 1. The summed E-state index contributed by atoms with van der Waals surface area (Å²) in [7, 11) is 0. The van der Waals surface area contributed by atoms with Crippen LogP contribution in [0, 0.1) is 0 Å². The first-order chi connectivity index (χ1) is 9.28. The van der Waals surface area contributed by atoms with Crippen LogP contribution in [0.5, 0.6) is 0 Å². The van der Waals surface area contributed by atoms with E-state index < -0.39 is 0 Å². The molecule has 0 aromatic heterocycles. The second-order valence-electron chi connectivity index (χ2n) is 5.54. The molecule has 1 aromatic rings. The number of likely N-dealkylation sites (N-methyl/N-ethyl adjacent to an activating group) is 1. The Balaban J connectivity index is 1.77. The smallest absolute Gasteiger partial charge is 0.163 e. The number of benzene rings is 1. The van der Waals surface area contributed by atoms with Crippen LogP contribution in [0.1, 0.15) is 35.7 Å². The summed E-state index contributed by atoms with van der Waals surface area (Å²) in [6.07, 6.45) is 2.80. The Morgan fingerprint density at radius 2 is 1.89 bits per heavy atom. The van der Waals surface area contributed by atoms with Crippen molar-refractivity contribution >= 4 is 11.5 Å². The molecule has 0 atom stereocenters. The van der Waals surface area contributed by atoms with Crippen molar-refractivity contribution in [2.24, 2.45) is 0 Å². The van der Waals surface area contributed by atoms with Crippen molar-refractivity contribution in [2.75, 3.05) is 37.6 Å². The third kappa shape index (κ3) is 2.52. The van der Waals surface area contributed by atoms with E-state index in [2.05, 4.69) is 28.9 Å². The lowest BCUT2D eigenvalue weighted by molar-refractivity contribution is 0.0972. The molecule has 1 fully saturated rings. The predicted octanol–water partition coefficient (Wildman–Crippen LogP) is 2.35. The highest BCUT2D eigenvalue weighted by atomic mass is 16.1. The number of nitrogens with zero attached hydrogens (tertiary/aromatic N) is 2. The highest BCUT2D eigenvalue weighted by Crippen LogP contribution is 2.26. The van der Waals surface area contributed by atoms with Crippen LogP contribution >= 0.6 is 0 Å². The normalized spacial score (nSPS) is 20.5. The number of carbonyl (C=O) groups is 1. The van der Waals surface area contributed by atoms with Gasteiger partial charge in [0.15, 0.2) is 5.78 Å². The number of piperazine rings is 1. The molecule has 2 aliphatic rings. The fraction of sp³-hybridized carbons (Fsp3) is 0.562. The van der Waals surface area contributed by atoms with Gasteiger partial charge in [-0.25, -0.2) is 0 Å². The van der Waals surface area contributed by atoms with E-state index in [1.54, 1.807) is 0 Å². The zero-order valence-electron chi connectivity index (χ0n) is 11.7. The average Bonchev–Trinajstić information content (AvgIpc) is 2.47. The molecule has 0 bridgehead atoms. The lowest BCUT2D eigenvalue weighted by Gasteiger charge is -2.36. The van der Waals surface area contributed by atoms with Crippen LogP contribution < -0.4 is 4.90 Å². The Morgan fingerprint density at radius 1 is 1.11 bits per heavy atom. The van der Waals surface area contributed by atoms with Crippen molar-refractivity contribution in [2.45, 2.75) is 26.2 Å². The summed E-state index contributed by atoms with van der Waals surface area (Å²) in [5.74, 6) is 0.323. The van der Waals surface area contributed by atoms with Gasteiger partial charge in [0, 0.05) is 43.9 Å². The number of hydrogen-bond acceptors (Lipinski definition) is 3. The summed E-state index contributed by atoms with van der Waals surface area (Å²) < 4.78 is 0. The summed E-state index contributed by atoms with van der Waals surface area (Å²) in [5, 5.41) is 0. The molecule has 0 unspecified atom stereocenters. The molecule has 3 nitrogen and oxygen atoms in total. The number of fused-ring (bicyclic) bond motifs is 1. The Bertz CT molecular complexity index is 476. The van der Waals surface area contributed by atoms with Gasteiger partial charge in [0.1, 0.15) is 0 Å². The van der Waals surface area contributed by atoms with Gasteiger partial charge in [-0.1, -0.05) is 6.92 Å².